The molecule has 3 aromatic rings. The summed E-state index contributed by atoms with van der Waals surface area (Å²) in [7, 11) is 1.90. The van der Waals surface area contributed by atoms with Crippen LogP contribution in [0.1, 0.15) is 55.8 Å². The molecule has 1 saturated heterocycles. The number of ether oxygens (including phenoxy) is 1. The van der Waals surface area contributed by atoms with Crippen LogP contribution in [0.15, 0.2) is 41.3 Å². The fourth-order valence-corrected chi connectivity index (χ4v) is 5.63. The van der Waals surface area contributed by atoms with Gasteiger partial charge in [0, 0.05) is 37.9 Å². The molecule has 4 N–H and O–H groups in total. The molecule has 38 heavy (non-hydrogen) atoms. The lowest BCUT2D eigenvalue weighted by Crippen LogP contribution is -2.37. The summed E-state index contributed by atoms with van der Waals surface area (Å²) in [5.74, 6) is -0.217. The number of amides is 1. The van der Waals surface area contributed by atoms with Crippen molar-refractivity contribution in [2.75, 3.05) is 31.6 Å². The second-order valence-electron chi connectivity index (χ2n) is 10.3. The molecule has 5 rings (SSSR count). The van der Waals surface area contributed by atoms with E-state index in [-0.39, 0.29) is 28.8 Å². The summed E-state index contributed by atoms with van der Waals surface area (Å²) in [4.78, 5) is 28.7. The van der Waals surface area contributed by atoms with Crippen LogP contribution in [0, 0.1) is 5.82 Å². The molecule has 0 aliphatic carbocycles. The third-order valence-electron chi connectivity index (χ3n) is 7.60. The Kier molecular flexibility index (Phi) is 7.67. The Hall–Kier alpha value is -3.43. The minimum Gasteiger partial charge on any atom is -0.451 e. The number of hydrogen-bond donors (Lipinski definition) is 3. The minimum atomic E-state index is -0.557. The summed E-state index contributed by atoms with van der Waals surface area (Å²) in [6, 6.07) is 8.81. The van der Waals surface area contributed by atoms with Crippen LogP contribution in [0.5, 0.6) is 11.5 Å². The van der Waals surface area contributed by atoms with Gasteiger partial charge in [-0.15, -0.1) is 0 Å². The zero-order valence-electron chi connectivity index (χ0n) is 22.1. The number of aromatic nitrogens is 1. The highest BCUT2D eigenvalue weighted by molar-refractivity contribution is 6.01. The number of hydrogen-bond acceptors (Lipinski definition) is 6. The number of fused-ring (bicyclic) bond motifs is 2. The van der Waals surface area contributed by atoms with Gasteiger partial charge < -0.3 is 30.6 Å². The second-order valence-corrected chi connectivity index (χ2v) is 10.3. The Balaban J connectivity index is 1.61. The molecule has 2 unspecified atom stereocenters. The first-order valence-electron chi connectivity index (χ1n) is 13.6. The van der Waals surface area contributed by atoms with E-state index in [9.17, 15) is 9.59 Å². The normalized spacial score (nSPS) is 17.5. The summed E-state index contributed by atoms with van der Waals surface area (Å²) in [5, 5.41) is 6.25. The lowest BCUT2D eigenvalue weighted by atomic mass is 10.0. The van der Waals surface area contributed by atoms with Crippen LogP contribution in [0.2, 0.25) is 0 Å². The molecule has 0 radical (unpaired) electrons. The van der Waals surface area contributed by atoms with Crippen LogP contribution < -0.4 is 31.4 Å². The number of nitrogens with one attached hydrogen (secondary N) is 2. The Morgan fingerprint density at radius 3 is 2.87 bits per heavy atom. The van der Waals surface area contributed by atoms with Gasteiger partial charge in [0.15, 0.2) is 17.3 Å². The molecular formula is C29H36FN5O3. The van der Waals surface area contributed by atoms with Crippen molar-refractivity contribution in [3.63, 3.8) is 0 Å². The van der Waals surface area contributed by atoms with E-state index in [0.717, 1.165) is 38.5 Å². The first-order chi connectivity index (χ1) is 18.4. The number of nitrogens with zero attached hydrogens (tertiary/aromatic N) is 2. The third kappa shape index (κ3) is 4.88. The van der Waals surface area contributed by atoms with Crippen LogP contribution in [0.25, 0.3) is 16.6 Å². The Morgan fingerprint density at radius 1 is 1.26 bits per heavy atom. The van der Waals surface area contributed by atoms with E-state index in [1.807, 2.05) is 30.1 Å². The monoisotopic (exact) mass is 521 g/mol. The average Bonchev–Trinajstić information content (AvgIpc) is 3.13. The Morgan fingerprint density at radius 2 is 2.08 bits per heavy atom. The molecule has 9 heteroatoms. The molecule has 1 amide bonds. The predicted molar refractivity (Wildman–Crippen MR) is 148 cm³/mol. The van der Waals surface area contributed by atoms with Gasteiger partial charge in [0.25, 0.3) is 5.91 Å². The number of benzene rings is 2. The lowest BCUT2D eigenvalue weighted by Gasteiger charge is -2.31. The van der Waals surface area contributed by atoms with Crippen molar-refractivity contribution < 1.29 is 13.9 Å². The number of pyridine rings is 1. The molecule has 3 heterocycles. The maximum atomic E-state index is 15.8. The topological polar surface area (TPSA) is 102 Å². The van der Waals surface area contributed by atoms with Crippen LogP contribution >= 0.6 is 0 Å². The molecular weight excluding hydrogens is 485 g/mol. The van der Waals surface area contributed by atoms with Crippen LogP contribution in [0.4, 0.5) is 10.1 Å². The summed E-state index contributed by atoms with van der Waals surface area (Å²) >= 11 is 0. The van der Waals surface area contributed by atoms with Crippen molar-refractivity contribution in [3.05, 3.63) is 58.1 Å². The number of para-hydroxylation sites is 2. The van der Waals surface area contributed by atoms with Gasteiger partial charge in [-0.3, -0.25) is 9.59 Å². The maximum absolute atomic E-state index is 15.8. The molecule has 8 nitrogen and oxygen atoms in total. The van der Waals surface area contributed by atoms with E-state index in [1.54, 1.807) is 16.8 Å². The smallest absolute Gasteiger partial charge is 0.256 e. The van der Waals surface area contributed by atoms with E-state index in [1.165, 1.54) is 6.07 Å². The first-order valence-corrected chi connectivity index (χ1v) is 13.6. The number of halogens is 1. The zero-order chi connectivity index (χ0) is 26.8. The molecule has 0 spiro atoms. The average molecular weight is 522 g/mol. The quantitative estimate of drug-likeness (QED) is 0.323. The van der Waals surface area contributed by atoms with Gasteiger partial charge in [0.1, 0.15) is 16.8 Å². The minimum absolute atomic E-state index is 0.0272. The molecule has 0 bridgehead atoms. The fourth-order valence-electron chi connectivity index (χ4n) is 5.63. The largest absolute Gasteiger partial charge is 0.451 e. The Bertz CT molecular complexity index is 1410. The summed E-state index contributed by atoms with van der Waals surface area (Å²) in [6.07, 6.45) is 7.08. The van der Waals surface area contributed by atoms with Gasteiger partial charge in [-0.25, -0.2) is 4.39 Å². The van der Waals surface area contributed by atoms with Gasteiger partial charge in [-0.2, -0.15) is 0 Å². The number of carbonyl (C=O) groups excluding carboxylic acids is 1. The number of rotatable bonds is 8. The molecule has 1 fully saturated rings. The fraction of sp³-hybridized carbons (Fsp3) is 0.448. The van der Waals surface area contributed by atoms with Gasteiger partial charge >= 0.3 is 0 Å². The first kappa shape index (κ1) is 26.2. The van der Waals surface area contributed by atoms with Crippen molar-refractivity contribution >= 4 is 22.5 Å². The van der Waals surface area contributed by atoms with Gasteiger partial charge in [0.05, 0.1) is 11.1 Å². The van der Waals surface area contributed by atoms with E-state index in [4.69, 9.17) is 10.5 Å². The number of anilines is 1. The summed E-state index contributed by atoms with van der Waals surface area (Å²) in [5.41, 5.74) is 7.19. The standard InChI is InChI=1S/C29H36FN5O3/c1-3-8-19(32-2)12-13-33-29(37)21-17-35-23-10-4-5-11-24(23)38-28-25(35)20(27(21)36)15-22(30)26(28)34-14-7-6-9-18(31)16-34/h4-5,10-11,15,17-19,32H,3,6-9,12-14,16,31H2,1-2H3,(H,33,37). The van der Waals surface area contributed by atoms with Crippen molar-refractivity contribution in [2.45, 2.75) is 57.5 Å². The molecule has 2 atom stereocenters. The number of carbonyl (C=O) groups is 1. The van der Waals surface area contributed by atoms with Crippen molar-refractivity contribution in [1.29, 1.82) is 0 Å². The molecule has 0 saturated carbocycles. The van der Waals surface area contributed by atoms with Crippen LogP contribution in [-0.4, -0.2) is 49.2 Å². The molecule has 2 aliphatic heterocycles. The highest BCUT2D eigenvalue weighted by Gasteiger charge is 2.31. The van der Waals surface area contributed by atoms with Crippen molar-refractivity contribution in [2.24, 2.45) is 5.73 Å². The maximum Gasteiger partial charge on any atom is 0.256 e. The van der Waals surface area contributed by atoms with Crippen LogP contribution in [0.3, 0.4) is 0 Å². The molecule has 2 aliphatic rings. The number of nitrogens with two attached hydrogens (primary N) is 1. The van der Waals surface area contributed by atoms with E-state index >= 15 is 4.39 Å². The summed E-state index contributed by atoms with van der Waals surface area (Å²) < 4.78 is 23.9. The van der Waals surface area contributed by atoms with E-state index in [0.29, 0.717) is 42.3 Å². The van der Waals surface area contributed by atoms with Crippen molar-refractivity contribution in [1.82, 2.24) is 15.2 Å². The zero-order valence-corrected chi connectivity index (χ0v) is 22.1. The molecule has 1 aromatic heterocycles. The molecule has 202 valence electrons. The van der Waals surface area contributed by atoms with E-state index in [2.05, 4.69) is 17.6 Å². The van der Waals surface area contributed by atoms with E-state index < -0.39 is 17.2 Å². The van der Waals surface area contributed by atoms with Gasteiger partial charge in [-0.1, -0.05) is 31.9 Å². The summed E-state index contributed by atoms with van der Waals surface area (Å²) in [6.45, 7) is 3.68. The lowest BCUT2D eigenvalue weighted by molar-refractivity contribution is 0.0950. The van der Waals surface area contributed by atoms with Gasteiger partial charge in [0.2, 0.25) is 5.43 Å². The molecule has 2 aromatic carbocycles. The van der Waals surface area contributed by atoms with Crippen LogP contribution in [-0.2, 0) is 0 Å². The third-order valence-corrected chi connectivity index (χ3v) is 7.60. The highest BCUT2D eigenvalue weighted by atomic mass is 19.1. The predicted octanol–water partition coefficient (Wildman–Crippen LogP) is 4.06. The SMILES string of the molecule is CCCC(CCNC(=O)c1cn2c3c(c(N4CCCCC(N)C4)c(F)cc3c1=O)Oc1ccccc1-2)NC. The van der Waals surface area contributed by atoms with Crippen molar-refractivity contribution in [3.8, 4) is 17.2 Å². The van der Waals surface area contributed by atoms with Gasteiger partial charge in [-0.05, 0) is 50.9 Å². The Labute approximate surface area is 221 Å². The highest BCUT2D eigenvalue weighted by Crippen LogP contribution is 2.46. The second kappa shape index (κ2) is 11.1.